The maximum atomic E-state index is 12.4. The topological polar surface area (TPSA) is 44.8 Å². The van der Waals surface area contributed by atoms with Crippen molar-refractivity contribution in [3.8, 4) is 11.5 Å². The lowest BCUT2D eigenvalue weighted by molar-refractivity contribution is -0.148. The summed E-state index contributed by atoms with van der Waals surface area (Å²) in [5.41, 5.74) is 2.02. The van der Waals surface area contributed by atoms with Crippen LogP contribution in [0, 0.1) is 0 Å². The van der Waals surface area contributed by atoms with Crippen LogP contribution in [-0.2, 0) is 9.53 Å². The number of methoxy groups -OCH3 is 2. The Kier molecular flexibility index (Phi) is 3.80. The standard InChI is InChI=1S/C21H18O4/c1-23-15-10-7-14(8-11-15)18-19-16-6-4-3-5-13(16)9-12-17(19)25-20(18)21(22)24-2/h3-12,18,20H,1-2H3. The molecule has 4 heteroatoms. The van der Waals surface area contributed by atoms with Crippen molar-refractivity contribution in [2.75, 3.05) is 14.2 Å². The fourth-order valence-corrected chi connectivity index (χ4v) is 3.51. The van der Waals surface area contributed by atoms with Crippen LogP contribution in [0.25, 0.3) is 10.8 Å². The van der Waals surface area contributed by atoms with Crippen LogP contribution < -0.4 is 9.47 Å². The van der Waals surface area contributed by atoms with Crippen LogP contribution in [0.5, 0.6) is 11.5 Å². The Bertz CT molecular complexity index is 930. The third kappa shape index (κ3) is 2.50. The van der Waals surface area contributed by atoms with Gasteiger partial charge in [-0.1, -0.05) is 42.5 Å². The molecule has 0 fully saturated rings. The molecule has 0 aliphatic carbocycles. The molecule has 126 valence electrons. The largest absolute Gasteiger partial charge is 0.497 e. The summed E-state index contributed by atoms with van der Waals surface area (Å²) in [7, 11) is 3.02. The van der Waals surface area contributed by atoms with Gasteiger partial charge in [-0.3, -0.25) is 0 Å². The number of rotatable bonds is 3. The van der Waals surface area contributed by atoms with Crippen LogP contribution in [0.2, 0.25) is 0 Å². The molecule has 1 aliphatic heterocycles. The Morgan fingerprint density at radius 3 is 2.44 bits per heavy atom. The minimum atomic E-state index is -0.695. The van der Waals surface area contributed by atoms with Crippen molar-refractivity contribution in [2.24, 2.45) is 0 Å². The van der Waals surface area contributed by atoms with Gasteiger partial charge in [-0.2, -0.15) is 0 Å². The summed E-state index contributed by atoms with van der Waals surface area (Å²) in [4.78, 5) is 12.4. The molecule has 4 rings (SSSR count). The van der Waals surface area contributed by atoms with E-state index in [0.29, 0.717) is 0 Å². The van der Waals surface area contributed by atoms with Gasteiger partial charge in [0.2, 0.25) is 6.10 Å². The number of hydrogen-bond acceptors (Lipinski definition) is 4. The molecule has 0 spiro atoms. The predicted molar refractivity (Wildman–Crippen MR) is 95.2 cm³/mol. The summed E-state index contributed by atoms with van der Waals surface area (Å²) in [5, 5.41) is 2.21. The van der Waals surface area contributed by atoms with Crippen LogP contribution in [0.4, 0.5) is 0 Å². The zero-order valence-electron chi connectivity index (χ0n) is 14.1. The Balaban J connectivity index is 1.91. The van der Waals surface area contributed by atoms with Crippen molar-refractivity contribution in [1.82, 2.24) is 0 Å². The van der Waals surface area contributed by atoms with Crippen LogP contribution >= 0.6 is 0 Å². The third-order valence-electron chi connectivity index (χ3n) is 4.71. The summed E-state index contributed by atoms with van der Waals surface area (Å²) < 4.78 is 16.2. The van der Waals surface area contributed by atoms with E-state index < -0.39 is 6.10 Å². The van der Waals surface area contributed by atoms with E-state index in [1.165, 1.54) is 7.11 Å². The SMILES string of the molecule is COC(=O)C1Oc2ccc3ccccc3c2C1c1ccc(OC)cc1. The number of hydrogen-bond donors (Lipinski definition) is 0. The second-order valence-electron chi connectivity index (χ2n) is 6.01. The quantitative estimate of drug-likeness (QED) is 0.681. The van der Waals surface area contributed by atoms with Gasteiger partial charge in [0, 0.05) is 5.56 Å². The summed E-state index contributed by atoms with van der Waals surface area (Å²) in [6, 6.07) is 19.8. The molecule has 0 bridgehead atoms. The first-order chi connectivity index (χ1) is 12.2. The zero-order valence-corrected chi connectivity index (χ0v) is 14.1. The van der Waals surface area contributed by atoms with Crippen molar-refractivity contribution in [3.63, 3.8) is 0 Å². The maximum Gasteiger partial charge on any atom is 0.348 e. The maximum absolute atomic E-state index is 12.4. The molecule has 3 aromatic carbocycles. The second-order valence-corrected chi connectivity index (χ2v) is 6.01. The molecule has 3 aromatic rings. The van der Waals surface area contributed by atoms with E-state index in [0.717, 1.165) is 33.4 Å². The molecule has 1 aliphatic rings. The van der Waals surface area contributed by atoms with Crippen LogP contribution in [0.1, 0.15) is 17.0 Å². The molecule has 25 heavy (non-hydrogen) atoms. The van der Waals surface area contributed by atoms with Crippen molar-refractivity contribution in [2.45, 2.75) is 12.0 Å². The van der Waals surface area contributed by atoms with E-state index in [9.17, 15) is 4.79 Å². The normalized spacial score (nSPS) is 18.5. The first-order valence-electron chi connectivity index (χ1n) is 8.13. The highest BCUT2D eigenvalue weighted by Gasteiger charge is 2.42. The molecule has 0 saturated carbocycles. The Hall–Kier alpha value is -3.01. The van der Waals surface area contributed by atoms with E-state index in [-0.39, 0.29) is 11.9 Å². The summed E-state index contributed by atoms with van der Waals surface area (Å²) in [5.74, 6) is 0.908. The lowest BCUT2D eigenvalue weighted by Gasteiger charge is -2.18. The Morgan fingerprint density at radius 1 is 0.960 bits per heavy atom. The van der Waals surface area contributed by atoms with Crippen molar-refractivity contribution in [1.29, 1.82) is 0 Å². The minimum Gasteiger partial charge on any atom is -0.497 e. The highest BCUT2D eigenvalue weighted by molar-refractivity contribution is 5.91. The zero-order chi connectivity index (χ0) is 17.4. The fourth-order valence-electron chi connectivity index (χ4n) is 3.51. The minimum absolute atomic E-state index is 0.223. The highest BCUT2D eigenvalue weighted by Crippen LogP contribution is 2.46. The molecule has 0 N–H and O–H groups in total. The van der Waals surface area contributed by atoms with E-state index in [1.54, 1.807) is 7.11 Å². The molecule has 4 nitrogen and oxygen atoms in total. The van der Waals surface area contributed by atoms with Gasteiger partial charge in [-0.15, -0.1) is 0 Å². The highest BCUT2D eigenvalue weighted by atomic mass is 16.6. The summed E-state index contributed by atoms with van der Waals surface area (Å²) in [6.07, 6.45) is -0.695. The average Bonchev–Trinajstić information content (AvgIpc) is 3.07. The lowest BCUT2D eigenvalue weighted by atomic mass is 9.85. The number of esters is 1. The van der Waals surface area contributed by atoms with Gasteiger partial charge >= 0.3 is 5.97 Å². The molecule has 0 amide bonds. The summed E-state index contributed by atoms with van der Waals surface area (Å²) in [6.45, 7) is 0. The van der Waals surface area contributed by atoms with Crippen LogP contribution in [0.3, 0.4) is 0 Å². The predicted octanol–water partition coefficient (Wildman–Crippen LogP) is 3.91. The van der Waals surface area contributed by atoms with Gasteiger partial charge < -0.3 is 14.2 Å². The number of ether oxygens (including phenoxy) is 3. The molecular formula is C21H18O4. The molecule has 1 heterocycles. The molecule has 0 radical (unpaired) electrons. The number of carbonyl (C=O) groups excluding carboxylic acids is 1. The van der Waals surface area contributed by atoms with E-state index in [2.05, 4.69) is 12.1 Å². The first-order valence-corrected chi connectivity index (χ1v) is 8.13. The van der Waals surface area contributed by atoms with Gasteiger partial charge in [0.05, 0.1) is 20.1 Å². The van der Waals surface area contributed by atoms with Crippen molar-refractivity contribution >= 4 is 16.7 Å². The second kappa shape index (κ2) is 6.13. The third-order valence-corrected chi connectivity index (χ3v) is 4.71. The van der Waals surface area contributed by atoms with E-state index in [1.807, 2.05) is 48.5 Å². The molecule has 0 saturated heterocycles. The first kappa shape index (κ1) is 15.5. The van der Waals surface area contributed by atoms with Crippen molar-refractivity contribution < 1.29 is 19.0 Å². The summed E-state index contributed by atoms with van der Waals surface area (Å²) >= 11 is 0. The monoisotopic (exact) mass is 334 g/mol. The van der Waals surface area contributed by atoms with E-state index >= 15 is 0 Å². The Labute approximate surface area is 145 Å². The molecule has 0 aromatic heterocycles. The van der Waals surface area contributed by atoms with E-state index in [4.69, 9.17) is 14.2 Å². The number of carbonyl (C=O) groups is 1. The van der Waals surface area contributed by atoms with Gasteiger partial charge in [0.25, 0.3) is 0 Å². The van der Waals surface area contributed by atoms with Gasteiger partial charge in [0.1, 0.15) is 11.5 Å². The van der Waals surface area contributed by atoms with Crippen LogP contribution in [0.15, 0.2) is 60.7 Å². The van der Waals surface area contributed by atoms with Gasteiger partial charge in [-0.25, -0.2) is 4.79 Å². The smallest absolute Gasteiger partial charge is 0.348 e. The van der Waals surface area contributed by atoms with Gasteiger partial charge in [0.15, 0.2) is 0 Å². The molecule has 2 unspecified atom stereocenters. The number of benzene rings is 3. The number of fused-ring (bicyclic) bond motifs is 3. The molecule has 2 atom stereocenters. The Morgan fingerprint density at radius 2 is 1.72 bits per heavy atom. The lowest BCUT2D eigenvalue weighted by Crippen LogP contribution is -2.30. The van der Waals surface area contributed by atoms with Crippen molar-refractivity contribution in [3.05, 3.63) is 71.8 Å². The molecular weight excluding hydrogens is 316 g/mol. The fraction of sp³-hybridized carbons (Fsp3) is 0.190. The van der Waals surface area contributed by atoms with Gasteiger partial charge in [-0.05, 0) is 34.5 Å². The van der Waals surface area contributed by atoms with Crippen LogP contribution in [-0.4, -0.2) is 26.3 Å². The average molecular weight is 334 g/mol.